The van der Waals surface area contributed by atoms with Crippen LogP contribution in [0, 0.1) is 18.3 Å². The summed E-state index contributed by atoms with van der Waals surface area (Å²) in [5.74, 6) is -0.354. The average molecular weight is 562 g/mol. The first-order valence-corrected chi connectivity index (χ1v) is 13.7. The highest BCUT2D eigenvalue weighted by Gasteiger charge is 2.32. The van der Waals surface area contributed by atoms with Gasteiger partial charge in [-0.05, 0) is 52.8 Å². The molecule has 0 saturated carbocycles. The van der Waals surface area contributed by atoms with Crippen LogP contribution in [0.1, 0.15) is 49.3 Å². The smallest absolute Gasteiger partial charge is 0.410 e. The molecule has 4 heterocycles. The van der Waals surface area contributed by atoms with Gasteiger partial charge in [-0.15, -0.1) is 0 Å². The number of piperazine rings is 1. The van der Waals surface area contributed by atoms with E-state index in [-0.39, 0.29) is 18.0 Å². The number of benzene rings is 1. The number of amides is 2. The maximum Gasteiger partial charge on any atom is 0.410 e. The van der Waals surface area contributed by atoms with Gasteiger partial charge in [0.05, 0.1) is 40.0 Å². The molecule has 4 aromatic rings. The third-order valence-electron chi connectivity index (χ3n) is 6.57. The minimum Gasteiger partial charge on any atom is -0.473 e. The fourth-order valence-corrected chi connectivity index (χ4v) is 5.78. The molecule has 12 heteroatoms. The Morgan fingerprint density at radius 1 is 1.20 bits per heavy atom. The number of nitrogens with zero attached hydrogens (tertiary/aromatic N) is 6. The molecule has 1 saturated heterocycles. The number of anilines is 2. The molecule has 0 aliphatic carbocycles. The number of rotatable bonds is 4. The van der Waals surface area contributed by atoms with Crippen molar-refractivity contribution >= 4 is 50.6 Å². The zero-order chi connectivity index (χ0) is 28.8. The molecule has 208 valence electrons. The van der Waals surface area contributed by atoms with Crippen molar-refractivity contribution in [2.45, 2.75) is 46.3 Å². The van der Waals surface area contributed by atoms with Gasteiger partial charge in [0, 0.05) is 38.1 Å². The number of nitrogens with one attached hydrogen (secondary N) is 1. The van der Waals surface area contributed by atoms with Gasteiger partial charge in [0.2, 0.25) is 0 Å². The van der Waals surface area contributed by atoms with Crippen LogP contribution in [-0.2, 0) is 4.74 Å². The van der Waals surface area contributed by atoms with Crippen molar-refractivity contribution in [2.75, 3.05) is 37.0 Å². The molecule has 1 aliphatic rings. The van der Waals surface area contributed by atoms with Crippen molar-refractivity contribution in [2.24, 2.45) is 0 Å². The van der Waals surface area contributed by atoms with E-state index in [1.807, 2.05) is 40.7 Å². The molecule has 0 spiro atoms. The Morgan fingerprint density at radius 3 is 2.65 bits per heavy atom. The van der Waals surface area contributed by atoms with E-state index in [1.54, 1.807) is 40.9 Å². The van der Waals surface area contributed by atoms with Gasteiger partial charge in [0.25, 0.3) is 11.1 Å². The molecule has 40 heavy (non-hydrogen) atoms. The van der Waals surface area contributed by atoms with E-state index in [2.05, 4.69) is 26.3 Å². The van der Waals surface area contributed by atoms with Crippen LogP contribution in [0.5, 0.6) is 5.19 Å². The quantitative estimate of drug-likeness (QED) is 0.376. The summed E-state index contributed by atoms with van der Waals surface area (Å²) < 4.78 is 13.6. The minimum absolute atomic E-state index is 0.0764. The second-order valence-corrected chi connectivity index (χ2v) is 11.7. The second kappa shape index (κ2) is 10.3. The summed E-state index contributed by atoms with van der Waals surface area (Å²) in [7, 11) is 1.55. The summed E-state index contributed by atoms with van der Waals surface area (Å²) in [4.78, 5) is 39.1. The number of nitriles is 1. The Kier molecular flexibility index (Phi) is 7.01. The molecule has 1 atom stereocenters. The molecule has 1 aliphatic heterocycles. The number of imidazole rings is 1. The number of carbonyl (C=O) groups is 2. The summed E-state index contributed by atoms with van der Waals surface area (Å²) in [5.41, 5.74) is 3.42. The number of carbonyl (C=O) groups excluding carboxylic acids is 2. The van der Waals surface area contributed by atoms with Crippen molar-refractivity contribution in [1.29, 1.82) is 5.26 Å². The van der Waals surface area contributed by atoms with Crippen molar-refractivity contribution in [1.82, 2.24) is 19.3 Å². The topological polar surface area (TPSA) is 125 Å². The molecular formula is C28H31N7O4S. The number of thiazole rings is 1. The van der Waals surface area contributed by atoms with Crippen molar-refractivity contribution in [3.63, 3.8) is 0 Å². The summed E-state index contributed by atoms with van der Waals surface area (Å²) in [5, 5.41) is 12.9. The number of hydrogen-bond donors (Lipinski definition) is 1. The third kappa shape index (κ3) is 5.24. The zero-order valence-electron chi connectivity index (χ0n) is 23.3. The lowest BCUT2D eigenvalue weighted by molar-refractivity contribution is 0.0159. The molecule has 0 radical (unpaired) electrons. The fourth-order valence-electron chi connectivity index (χ4n) is 4.83. The Labute approximate surface area is 235 Å². The first-order valence-electron chi connectivity index (χ1n) is 12.9. The molecule has 1 N–H and O–H groups in total. The number of fused-ring (bicyclic) bond motifs is 2. The number of aromatic nitrogens is 3. The summed E-state index contributed by atoms with van der Waals surface area (Å²) in [6.07, 6.45) is 3.21. The van der Waals surface area contributed by atoms with Gasteiger partial charge >= 0.3 is 6.09 Å². The van der Waals surface area contributed by atoms with Crippen molar-refractivity contribution < 1.29 is 19.1 Å². The van der Waals surface area contributed by atoms with Crippen LogP contribution >= 0.6 is 11.3 Å². The van der Waals surface area contributed by atoms with Crippen molar-refractivity contribution in [3.05, 3.63) is 47.4 Å². The molecule has 11 nitrogen and oxygen atoms in total. The summed E-state index contributed by atoms with van der Waals surface area (Å²) in [6, 6.07) is 7.34. The number of aryl methyl sites for hydroxylation is 1. The summed E-state index contributed by atoms with van der Waals surface area (Å²) >= 11 is 1.37. The average Bonchev–Trinajstić information content (AvgIpc) is 3.49. The number of ether oxygens (including phenoxy) is 2. The van der Waals surface area contributed by atoms with Gasteiger partial charge < -0.3 is 29.0 Å². The minimum atomic E-state index is -0.560. The second-order valence-electron chi connectivity index (χ2n) is 10.8. The number of pyridine rings is 1. The standard InChI is InChI=1S/C28H31N7O4S/c1-16-13-34-15-19(11-18(12-29)24(34)30-16)31-25(36)20-7-8-21(23-22(20)32-26(38-6)40-23)33-9-10-35(17(2)14-33)27(37)39-28(3,4)5/h7-8,11,13,15,17H,9-10,14H2,1-6H3,(H,31,36)/t17-/m0/s1. The Hall–Kier alpha value is -4.37. The highest BCUT2D eigenvalue weighted by Crippen LogP contribution is 2.38. The predicted octanol–water partition coefficient (Wildman–Crippen LogP) is 4.83. The number of hydrogen-bond acceptors (Lipinski definition) is 9. The molecule has 3 aromatic heterocycles. The lowest BCUT2D eigenvalue weighted by atomic mass is 10.1. The largest absolute Gasteiger partial charge is 0.473 e. The van der Waals surface area contributed by atoms with E-state index in [0.29, 0.717) is 52.8 Å². The van der Waals surface area contributed by atoms with Crippen LogP contribution in [-0.4, -0.2) is 69.7 Å². The molecule has 5 rings (SSSR count). The Bertz CT molecular complexity index is 1660. The maximum absolute atomic E-state index is 13.5. The number of methoxy groups -OCH3 is 1. The molecular weight excluding hydrogens is 530 g/mol. The van der Waals surface area contributed by atoms with Gasteiger partial charge in [-0.2, -0.15) is 5.26 Å². The maximum atomic E-state index is 13.5. The first kappa shape index (κ1) is 27.2. The lowest BCUT2D eigenvalue weighted by Crippen LogP contribution is -2.55. The predicted molar refractivity (Wildman–Crippen MR) is 153 cm³/mol. The normalized spacial score (nSPS) is 15.8. The molecule has 2 amide bonds. The van der Waals surface area contributed by atoms with E-state index in [1.165, 1.54) is 11.3 Å². The van der Waals surface area contributed by atoms with E-state index in [4.69, 9.17) is 9.47 Å². The van der Waals surface area contributed by atoms with Gasteiger partial charge in [0.1, 0.15) is 17.2 Å². The highest BCUT2D eigenvalue weighted by atomic mass is 32.1. The van der Waals surface area contributed by atoms with Crippen LogP contribution in [0.4, 0.5) is 16.2 Å². The molecule has 0 bridgehead atoms. The van der Waals surface area contributed by atoms with E-state index in [0.717, 1.165) is 16.1 Å². The first-order chi connectivity index (χ1) is 19.0. The van der Waals surface area contributed by atoms with E-state index < -0.39 is 5.60 Å². The molecule has 1 aromatic carbocycles. The van der Waals surface area contributed by atoms with Gasteiger partial charge in [-0.1, -0.05) is 11.3 Å². The highest BCUT2D eigenvalue weighted by molar-refractivity contribution is 7.21. The fraction of sp³-hybridized carbons (Fsp3) is 0.393. The van der Waals surface area contributed by atoms with Crippen LogP contribution < -0.4 is 15.0 Å². The van der Waals surface area contributed by atoms with Crippen LogP contribution in [0.15, 0.2) is 30.6 Å². The monoisotopic (exact) mass is 561 g/mol. The van der Waals surface area contributed by atoms with Crippen LogP contribution in [0.3, 0.4) is 0 Å². The molecule has 0 unspecified atom stereocenters. The van der Waals surface area contributed by atoms with Gasteiger partial charge in [-0.3, -0.25) is 4.79 Å². The SMILES string of the molecule is COc1nc2c(C(=O)Nc3cc(C#N)c4nc(C)cn4c3)ccc(N3CCN(C(=O)OC(C)(C)C)[C@@H](C)C3)c2s1. The van der Waals surface area contributed by atoms with Gasteiger partial charge in [-0.25, -0.2) is 14.8 Å². The van der Waals surface area contributed by atoms with Gasteiger partial charge in [0.15, 0.2) is 5.65 Å². The van der Waals surface area contributed by atoms with E-state index in [9.17, 15) is 14.9 Å². The van der Waals surface area contributed by atoms with Crippen LogP contribution in [0.25, 0.3) is 15.9 Å². The van der Waals surface area contributed by atoms with E-state index >= 15 is 0 Å². The molecule has 1 fully saturated rings. The lowest BCUT2D eigenvalue weighted by Gasteiger charge is -2.41. The third-order valence-corrected chi connectivity index (χ3v) is 7.61. The Balaban J connectivity index is 1.42. The zero-order valence-corrected chi connectivity index (χ0v) is 24.1. The van der Waals surface area contributed by atoms with Crippen LogP contribution in [0.2, 0.25) is 0 Å². The summed E-state index contributed by atoms with van der Waals surface area (Å²) in [6.45, 7) is 11.1. The Morgan fingerprint density at radius 2 is 1.98 bits per heavy atom. The van der Waals surface area contributed by atoms with Crippen molar-refractivity contribution in [3.8, 4) is 11.3 Å².